The van der Waals surface area contributed by atoms with Crippen LogP contribution in [0.15, 0.2) is 24.5 Å². The van der Waals surface area contributed by atoms with Gasteiger partial charge in [-0.25, -0.2) is 14.8 Å². The van der Waals surface area contributed by atoms with Gasteiger partial charge in [0.15, 0.2) is 0 Å². The molecule has 1 amide bonds. The van der Waals surface area contributed by atoms with E-state index in [4.69, 9.17) is 14.2 Å². The molecule has 0 saturated carbocycles. The van der Waals surface area contributed by atoms with Crippen molar-refractivity contribution in [2.75, 3.05) is 20.3 Å². The van der Waals surface area contributed by atoms with E-state index in [1.165, 1.54) is 11.2 Å². The summed E-state index contributed by atoms with van der Waals surface area (Å²) in [7, 11) is 1.59. The Kier molecular flexibility index (Phi) is 5.36. The lowest BCUT2D eigenvalue weighted by atomic mass is 10.2. The molecule has 2 heterocycles. The number of nitrogens with zero attached hydrogens (tertiary/aromatic N) is 3. The number of carbonyl (C=O) groups excluding carboxylic acids is 1. The van der Waals surface area contributed by atoms with E-state index in [0.29, 0.717) is 24.6 Å². The third-order valence-electron chi connectivity index (χ3n) is 4.30. The number of rotatable bonds is 4. The van der Waals surface area contributed by atoms with E-state index in [2.05, 4.69) is 9.97 Å². The lowest BCUT2D eigenvalue weighted by Gasteiger charge is -2.27. The van der Waals surface area contributed by atoms with Gasteiger partial charge in [-0.3, -0.25) is 4.90 Å². The second kappa shape index (κ2) is 7.56. The molecule has 27 heavy (non-hydrogen) atoms. The quantitative estimate of drug-likeness (QED) is 0.877. The summed E-state index contributed by atoms with van der Waals surface area (Å²) in [6.45, 7) is 5.59. The number of hydrogen-bond donors (Lipinski definition) is 1. The van der Waals surface area contributed by atoms with Gasteiger partial charge >= 0.3 is 6.09 Å². The number of methoxy groups -OCH3 is 1. The summed E-state index contributed by atoms with van der Waals surface area (Å²) < 4.78 is 16.8. The topological polar surface area (TPSA) is 94.0 Å². The smallest absolute Gasteiger partial charge is 0.410 e. The standard InChI is InChI=1S/C19H25N3O5/c1-19(2,3)27-18(24)22-9-14(7-12(22)10-23)26-17-15-8-13(25-4)5-6-16(15)20-11-21-17/h5-6,8,11-12,14,23H,7,9-10H2,1-4H3/t12-,14-/m0/s1. The van der Waals surface area contributed by atoms with Gasteiger partial charge in [-0.1, -0.05) is 0 Å². The molecule has 1 aromatic carbocycles. The Hall–Kier alpha value is -2.61. The fraction of sp³-hybridized carbons (Fsp3) is 0.526. The molecule has 146 valence electrons. The fourth-order valence-corrected chi connectivity index (χ4v) is 3.07. The molecule has 2 aromatic rings. The van der Waals surface area contributed by atoms with E-state index in [1.54, 1.807) is 7.11 Å². The van der Waals surface area contributed by atoms with Crippen LogP contribution in [-0.4, -0.2) is 64.1 Å². The molecule has 0 radical (unpaired) electrons. The van der Waals surface area contributed by atoms with Crippen molar-refractivity contribution in [3.8, 4) is 11.6 Å². The minimum Gasteiger partial charge on any atom is -0.497 e. The van der Waals surface area contributed by atoms with Gasteiger partial charge in [-0.05, 0) is 39.0 Å². The maximum Gasteiger partial charge on any atom is 0.410 e. The van der Waals surface area contributed by atoms with Crippen molar-refractivity contribution < 1.29 is 24.1 Å². The summed E-state index contributed by atoms with van der Waals surface area (Å²) in [5.41, 5.74) is 0.136. The molecule has 0 spiro atoms. The van der Waals surface area contributed by atoms with Crippen LogP contribution in [0.4, 0.5) is 4.79 Å². The number of aromatic nitrogens is 2. The van der Waals surface area contributed by atoms with Crippen molar-refractivity contribution in [3.63, 3.8) is 0 Å². The average Bonchev–Trinajstić information content (AvgIpc) is 3.03. The van der Waals surface area contributed by atoms with Crippen LogP contribution in [0.2, 0.25) is 0 Å². The molecule has 8 heteroatoms. The predicted octanol–water partition coefficient (Wildman–Crippen LogP) is 2.39. The average molecular weight is 375 g/mol. The number of likely N-dealkylation sites (tertiary alicyclic amines) is 1. The zero-order valence-corrected chi connectivity index (χ0v) is 16.0. The van der Waals surface area contributed by atoms with Crippen LogP contribution in [0.1, 0.15) is 27.2 Å². The number of ether oxygens (including phenoxy) is 3. The normalized spacial score (nSPS) is 20.0. The first-order chi connectivity index (χ1) is 12.8. The molecule has 0 aliphatic carbocycles. The van der Waals surface area contributed by atoms with Crippen molar-refractivity contribution in [2.24, 2.45) is 0 Å². The number of hydrogen-bond acceptors (Lipinski definition) is 7. The molecule has 2 atom stereocenters. The van der Waals surface area contributed by atoms with Gasteiger partial charge in [0.05, 0.1) is 37.2 Å². The Morgan fingerprint density at radius 2 is 2.11 bits per heavy atom. The Labute approximate surface area is 158 Å². The van der Waals surface area contributed by atoms with Crippen molar-refractivity contribution in [1.82, 2.24) is 14.9 Å². The molecular weight excluding hydrogens is 350 g/mol. The first kappa shape index (κ1) is 19.2. The van der Waals surface area contributed by atoms with Crippen LogP contribution >= 0.6 is 0 Å². The van der Waals surface area contributed by atoms with Crippen molar-refractivity contribution >= 4 is 17.0 Å². The Balaban J connectivity index is 1.78. The third kappa shape index (κ3) is 4.39. The number of amides is 1. The number of aliphatic hydroxyl groups excluding tert-OH is 1. The number of fused-ring (bicyclic) bond motifs is 1. The summed E-state index contributed by atoms with van der Waals surface area (Å²) in [4.78, 5) is 22.4. The summed E-state index contributed by atoms with van der Waals surface area (Å²) in [5, 5.41) is 10.4. The zero-order valence-electron chi connectivity index (χ0n) is 16.0. The molecule has 1 fully saturated rings. The molecule has 1 N–H and O–H groups in total. The molecule has 0 unspecified atom stereocenters. The van der Waals surface area contributed by atoms with Gasteiger partial charge < -0.3 is 19.3 Å². The Bertz CT molecular complexity index is 821. The highest BCUT2D eigenvalue weighted by Gasteiger charge is 2.38. The first-order valence-electron chi connectivity index (χ1n) is 8.86. The van der Waals surface area contributed by atoms with Crippen molar-refractivity contribution in [3.05, 3.63) is 24.5 Å². The molecule has 1 aliphatic heterocycles. The maximum absolute atomic E-state index is 12.4. The molecule has 8 nitrogen and oxygen atoms in total. The van der Waals surface area contributed by atoms with Gasteiger partial charge in [-0.2, -0.15) is 0 Å². The highest BCUT2D eigenvalue weighted by molar-refractivity contribution is 5.84. The van der Waals surface area contributed by atoms with E-state index in [0.717, 1.165) is 10.9 Å². The second-order valence-electron chi connectivity index (χ2n) is 7.51. The van der Waals surface area contributed by atoms with Crippen LogP contribution in [0.3, 0.4) is 0 Å². The van der Waals surface area contributed by atoms with Crippen LogP contribution in [-0.2, 0) is 4.74 Å². The minimum absolute atomic E-state index is 0.155. The Morgan fingerprint density at radius 1 is 1.33 bits per heavy atom. The van der Waals surface area contributed by atoms with E-state index in [1.807, 2.05) is 39.0 Å². The van der Waals surface area contributed by atoms with Crippen LogP contribution < -0.4 is 9.47 Å². The van der Waals surface area contributed by atoms with Gasteiger partial charge in [0.1, 0.15) is 23.8 Å². The van der Waals surface area contributed by atoms with Crippen LogP contribution in [0.25, 0.3) is 10.9 Å². The second-order valence-corrected chi connectivity index (χ2v) is 7.51. The predicted molar refractivity (Wildman–Crippen MR) is 98.9 cm³/mol. The van der Waals surface area contributed by atoms with E-state index >= 15 is 0 Å². The van der Waals surface area contributed by atoms with E-state index in [-0.39, 0.29) is 18.8 Å². The summed E-state index contributed by atoms with van der Waals surface area (Å²) in [6.07, 6.45) is 1.17. The molecule has 1 aromatic heterocycles. The van der Waals surface area contributed by atoms with Crippen LogP contribution in [0, 0.1) is 0 Å². The van der Waals surface area contributed by atoms with E-state index < -0.39 is 11.7 Å². The van der Waals surface area contributed by atoms with Crippen molar-refractivity contribution in [1.29, 1.82) is 0 Å². The van der Waals surface area contributed by atoms with Crippen LogP contribution in [0.5, 0.6) is 11.6 Å². The number of carbonyl (C=O) groups is 1. The highest BCUT2D eigenvalue weighted by Crippen LogP contribution is 2.29. The first-order valence-corrected chi connectivity index (χ1v) is 8.86. The minimum atomic E-state index is -0.602. The largest absolute Gasteiger partial charge is 0.497 e. The number of aliphatic hydroxyl groups is 1. The third-order valence-corrected chi connectivity index (χ3v) is 4.30. The van der Waals surface area contributed by atoms with Gasteiger partial charge in [-0.15, -0.1) is 0 Å². The molecule has 3 rings (SSSR count). The zero-order chi connectivity index (χ0) is 19.6. The van der Waals surface area contributed by atoms with E-state index in [9.17, 15) is 9.90 Å². The highest BCUT2D eigenvalue weighted by atomic mass is 16.6. The lowest BCUT2D eigenvalue weighted by molar-refractivity contribution is 0.0165. The summed E-state index contributed by atoms with van der Waals surface area (Å²) in [6, 6.07) is 5.11. The molecule has 0 bridgehead atoms. The monoisotopic (exact) mass is 375 g/mol. The maximum atomic E-state index is 12.4. The molecule has 1 aliphatic rings. The molecular formula is C19H25N3O5. The van der Waals surface area contributed by atoms with Gasteiger partial charge in [0, 0.05) is 6.42 Å². The summed E-state index contributed by atoms with van der Waals surface area (Å²) >= 11 is 0. The van der Waals surface area contributed by atoms with Gasteiger partial charge in [0.25, 0.3) is 0 Å². The Morgan fingerprint density at radius 3 is 2.78 bits per heavy atom. The lowest BCUT2D eigenvalue weighted by Crippen LogP contribution is -2.41. The summed E-state index contributed by atoms with van der Waals surface area (Å²) in [5.74, 6) is 1.10. The fourth-order valence-electron chi connectivity index (χ4n) is 3.07. The van der Waals surface area contributed by atoms with Crippen molar-refractivity contribution in [2.45, 2.75) is 44.9 Å². The SMILES string of the molecule is COc1ccc2ncnc(O[C@H]3C[C@@H](CO)N(C(=O)OC(C)(C)C)C3)c2c1. The van der Waals surface area contributed by atoms with Gasteiger partial charge in [0.2, 0.25) is 5.88 Å². The molecule has 1 saturated heterocycles. The number of benzene rings is 1.